The van der Waals surface area contributed by atoms with Crippen LogP contribution < -0.4 is 20.8 Å². The highest BCUT2D eigenvalue weighted by Gasteiger charge is 2.30. The predicted octanol–water partition coefficient (Wildman–Crippen LogP) is 2.15. The molecule has 3 aromatic carbocycles. The summed E-state index contributed by atoms with van der Waals surface area (Å²) in [6.45, 7) is 5.37. The lowest BCUT2D eigenvalue weighted by atomic mass is 9.80. The number of fused-ring (bicyclic) bond motifs is 3. The Kier molecular flexibility index (Phi) is 10.8. The van der Waals surface area contributed by atoms with Gasteiger partial charge in [-0.1, -0.05) is 35.9 Å². The molecule has 4 aromatic rings. The van der Waals surface area contributed by atoms with E-state index in [1.54, 1.807) is 12.1 Å². The minimum absolute atomic E-state index is 0.109. The molecular weight excluding hydrogens is 611 g/mol. The average molecular weight is 645 g/mol. The molecular formula is C32H34BClN6O6. The van der Waals surface area contributed by atoms with Gasteiger partial charge in [-0.05, 0) is 61.8 Å². The number of amides is 2. The number of nitrogens with one attached hydrogen (secondary N) is 2. The number of aliphatic imine (C=N–C) groups is 1. The van der Waals surface area contributed by atoms with Crippen molar-refractivity contribution in [3.63, 3.8) is 0 Å². The lowest BCUT2D eigenvalue weighted by molar-refractivity contribution is -0.121. The summed E-state index contributed by atoms with van der Waals surface area (Å²) in [5.41, 5.74) is 3.81. The largest absolute Gasteiger partial charge is 0.491 e. The average Bonchev–Trinajstić information content (AvgIpc) is 3.37. The number of carbonyl (C=O) groups is 2. The number of carbonyl (C=O) groups excluding carboxylic acids is 2. The van der Waals surface area contributed by atoms with Crippen LogP contribution >= 0.6 is 11.6 Å². The highest BCUT2D eigenvalue weighted by atomic mass is 35.5. The molecule has 0 radical (unpaired) electrons. The Morgan fingerprint density at radius 2 is 1.74 bits per heavy atom. The highest BCUT2D eigenvalue weighted by molar-refractivity contribution is 6.58. The van der Waals surface area contributed by atoms with E-state index in [0.717, 1.165) is 16.8 Å². The van der Waals surface area contributed by atoms with Gasteiger partial charge in [0.15, 0.2) is 5.82 Å². The first-order valence-corrected chi connectivity index (χ1v) is 15.2. The van der Waals surface area contributed by atoms with Gasteiger partial charge < -0.3 is 30.2 Å². The summed E-state index contributed by atoms with van der Waals surface area (Å²) in [4.78, 5) is 30.0. The third-order valence-electron chi connectivity index (χ3n) is 7.27. The Labute approximate surface area is 271 Å². The molecule has 1 aliphatic heterocycles. The van der Waals surface area contributed by atoms with Gasteiger partial charge in [0.2, 0.25) is 5.91 Å². The number of ether oxygens (including phenoxy) is 2. The Bertz CT molecular complexity index is 1710. The molecule has 2 amide bonds. The predicted molar refractivity (Wildman–Crippen MR) is 174 cm³/mol. The molecule has 0 unspecified atom stereocenters. The van der Waals surface area contributed by atoms with E-state index in [2.05, 4.69) is 20.8 Å². The Balaban J connectivity index is 1.26. The van der Waals surface area contributed by atoms with Crippen molar-refractivity contribution in [3.05, 3.63) is 100 Å². The summed E-state index contributed by atoms with van der Waals surface area (Å²) in [7, 11) is -1.58. The number of aromatic nitrogens is 3. The van der Waals surface area contributed by atoms with Crippen molar-refractivity contribution in [1.29, 1.82) is 0 Å². The quantitative estimate of drug-likeness (QED) is 0.127. The number of hydrogen-bond acceptors (Lipinski definition) is 9. The number of hydrogen-bond donors (Lipinski definition) is 4. The van der Waals surface area contributed by atoms with Crippen molar-refractivity contribution in [1.82, 2.24) is 25.4 Å². The van der Waals surface area contributed by atoms with E-state index in [4.69, 9.17) is 26.1 Å². The second-order valence-electron chi connectivity index (χ2n) is 10.5. The fourth-order valence-corrected chi connectivity index (χ4v) is 5.18. The summed E-state index contributed by atoms with van der Waals surface area (Å²) in [6.07, 6.45) is 0.109. The van der Waals surface area contributed by atoms with Gasteiger partial charge in [0.05, 0.1) is 31.0 Å². The minimum atomic E-state index is -1.58. The van der Waals surface area contributed by atoms with Crippen molar-refractivity contribution in [2.45, 2.75) is 26.3 Å². The lowest BCUT2D eigenvalue weighted by Gasteiger charge is -2.15. The van der Waals surface area contributed by atoms with Crippen LogP contribution in [-0.2, 0) is 9.53 Å². The number of halogens is 1. The van der Waals surface area contributed by atoms with Gasteiger partial charge in [-0.2, -0.15) is 0 Å². The third-order valence-corrected chi connectivity index (χ3v) is 7.52. The molecule has 0 spiro atoms. The maximum absolute atomic E-state index is 12.7. The van der Waals surface area contributed by atoms with Crippen LogP contribution in [0.15, 0.2) is 71.7 Å². The molecule has 0 saturated carbocycles. The maximum Gasteiger partial charge on any atom is 0.488 e. The van der Waals surface area contributed by atoms with Crippen LogP contribution in [-0.4, -0.2) is 82.4 Å². The van der Waals surface area contributed by atoms with Crippen LogP contribution in [0.2, 0.25) is 5.02 Å². The summed E-state index contributed by atoms with van der Waals surface area (Å²) >= 11 is 6.19. The Morgan fingerprint density at radius 3 is 2.46 bits per heavy atom. The standard InChI is InChI=1S/C32H34BClN6O6/c1-3-35-29(41)19-27-31-39-38-20(2)40(31)28-13-12-25(18-26(28)30(37-27)21-6-10-24(34)11-7-21)46-17-16-45-15-14-36-32(42)22-4-8-23(9-5-22)33(43)44/h4-13,18,27,43-44H,3,14-17,19H2,1-2H3,(H,35,41)(H,36,42)/t27-/m0/s1. The molecule has 0 bridgehead atoms. The minimum Gasteiger partial charge on any atom is -0.491 e. The second kappa shape index (κ2) is 15.2. The van der Waals surface area contributed by atoms with Crippen molar-refractivity contribution >= 4 is 41.7 Å². The van der Waals surface area contributed by atoms with Crippen molar-refractivity contribution in [3.8, 4) is 11.4 Å². The van der Waals surface area contributed by atoms with Crippen LogP contribution in [0.4, 0.5) is 0 Å². The van der Waals surface area contributed by atoms with Crippen LogP contribution in [0, 0.1) is 6.92 Å². The zero-order chi connectivity index (χ0) is 32.6. The zero-order valence-electron chi connectivity index (χ0n) is 25.4. The molecule has 0 aliphatic carbocycles. The number of rotatable bonds is 13. The number of benzene rings is 3. The SMILES string of the molecule is CCNC(=O)C[C@@H]1N=C(c2ccc(Cl)cc2)c2cc(OCCOCCNC(=O)c3ccc(B(O)O)cc3)ccc2-n2c(C)nnc21. The van der Waals surface area contributed by atoms with E-state index in [9.17, 15) is 19.6 Å². The Morgan fingerprint density at radius 1 is 0.978 bits per heavy atom. The summed E-state index contributed by atoms with van der Waals surface area (Å²) in [6, 6.07) is 18.5. The first kappa shape index (κ1) is 32.8. The molecule has 1 atom stereocenters. The van der Waals surface area contributed by atoms with Gasteiger partial charge >= 0.3 is 7.12 Å². The molecule has 5 rings (SSSR count). The normalized spacial score (nSPS) is 13.6. The van der Waals surface area contributed by atoms with Gasteiger partial charge in [-0.25, -0.2) is 0 Å². The van der Waals surface area contributed by atoms with E-state index in [1.165, 1.54) is 24.3 Å². The molecule has 1 aromatic heterocycles. The van der Waals surface area contributed by atoms with Crippen LogP contribution in [0.3, 0.4) is 0 Å². The monoisotopic (exact) mass is 644 g/mol. The van der Waals surface area contributed by atoms with Crippen LogP contribution in [0.1, 0.15) is 52.5 Å². The third kappa shape index (κ3) is 7.80. The van der Waals surface area contributed by atoms with Crippen molar-refractivity contribution < 1.29 is 29.1 Å². The van der Waals surface area contributed by atoms with Gasteiger partial charge in [0.25, 0.3) is 5.91 Å². The zero-order valence-corrected chi connectivity index (χ0v) is 26.2. The first-order chi connectivity index (χ1) is 22.2. The number of aryl methyl sites for hydroxylation is 1. The summed E-state index contributed by atoms with van der Waals surface area (Å²) in [5, 5.41) is 33.3. The van der Waals surface area contributed by atoms with E-state index in [0.29, 0.717) is 52.2 Å². The van der Waals surface area contributed by atoms with E-state index in [1.807, 2.05) is 48.7 Å². The summed E-state index contributed by atoms with van der Waals surface area (Å²) < 4.78 is 13.6. The molecule has 4 N–H and O–H groups in total. The molecule has 0 fully saturated rings. The van der Waals surface area contributed by atoms with Gasteiger partial charge in [0, 0.05) is 34.8 Å². The van der Waals surface area contributed by atoms with E-state index in [-0.39, 0.29) is 38.1 Å². The van der Waals surface area contributed by atoms with Gasteiger partial charge in [-0.3, -0.25) is 19.1 Å². The first-order valence-electron chi connectivity index (χ1n) is 14.9. The molecule has 1 aliphatic rings. The second-order valence-corrected chi connectivity index (χ2v) is 10.9. The van der Waals surface area contributed by atoms with E-state index < -0.39 is 13.2 Å². The fourth-order valence-electron chi connectivity index (χ4n) is 5.05. The number of nitrogens with zero attached hydrogens (tertiary/aromatic N) is 4. The smallest absolute Gasteiger partial charge is 0.488 e. The highest BCUT2D eigenvalue weighted by Crippen LogP contribution is 2.34. The molecule has 238 valence electrons. The molecule has 0 saturated heterocycles. The lowest BCUT2D eigenvalue weighted by Crippen LogP contribution is -2.31. The maximum atomic E-state index is 12.7. The van der Waals surface area contributed by atoms with Crippen molar-refractivity contribution in [2.24, 2.45) is 4.99 Å². The van der Waals surface area contributed by atoms with Crippen LogP contribution in [0.25, 0.3) is 5.69 Å². The van der Waals surface area contributed by atoms with E-state index >= 15 is 0 Å². The topological polar surface area (TPSA) is 160 Å². The Hall–Kier alpha value is -4.56. The van der Waals surface area contributed by atoms with Crippen molar-refractivity contribution in [2.75, 3.05) is 32.9 Å². The molecule has 46 heavy (non-hydrogen) atoms. The summed E-state index contributed by atoms with van der Waals surface area (Å²) in [5.74, 6) is 1.42. The van der Waals surface area contributed by atoms with Gasteiger partial charge in [0.1, 0.15) is 24.2 Å². The molecule has 2 heterocycles. The molecule has 12 nitrogen and oxygen atoms in total. The fraction of sp³-hybridized carbons (Fsp3) is 0.281. The molecule has 14 heteroatoms. The van der Waals surface area contributed by atoms with Crippen LogP contribution in [0.5, 0.6) is 5.75 Å². The van der Waals surface area contributed by atoms with Gasteiger partial charge in [-0.15, -0.1) is 10.2 Å².